The van der Waals surface area contributed by atoms with Crippen LogP contribution in [0.25, 0.3) is 11.3 Å². The topological polar surface area (TPSA) is 58.4 Å². The molecule has 5 nitrogen and oxygen atoms in total. The van der Waals surface area contributed by atoms with Gasteiger partial charge in [0.25, 0.3) is 0 Å². The third kappa shape index (κ3) is 5.45. The van der Waals surface area contributed by atoms with Gasteiger partial charge in [0.2, 0.25) is 5.91 Å². The van der Waals surface area contributed by atoms with Crippen LogP contribution in [0.5, 0.6) is 0 Å². The van der Waals surface area contributed by atoms with Crippen molar-refractivity contribution in [3.05, 3.63) is 40.8 Å². The summed E-state index contributed by atoms with van der Waals surface area (Å²) in [7, 11) is 1.88. The molecule has 1 aromatic carbocycles. The fourth-order valence-corrected chi connectivity index (χ4v) is 3.26. The van der Waals surface area contributed by atoms with Crippen LogP contribution in [0.15, 0.2) is 39.4 Å². The van der Waals surface area contributed by atoms with Crippen LogP contribution in [-0.4, -0.2) is 42.0 Å². The zero-order valence-electron chi connectivity index (χ0n) is 13.9. The van der Waals surface area contributed by atoms with Crippen molar-refractivity contribution in [2.24, 2.45) is 0 Å². The molecule has 8 heteroatoms. The fraction of sp³-hybridized carbons (Fsp3) is 0.412. The van der Waals surface area contributed by atoms with E-state index in [1.807, 2.05) is 36.2 Å². The molecule has 1 fully saturated rings. The molecule has 1 atom stereocenters. The fourth-order valence-electron chi connectivity index (χ4n) is 2.78. The standard InChI is InChI=1S/C17H20BrN3O2.2ClH/c1-21(12-8-9-19-10-12)17(22)7-6-16-20-11-15(23-16)13-4-2-3-5-14(13)18;;/h2-5,11-12,19H,6-10H2,1H3;2*1H. The molecular weight excluding hydrogens is 429 g/mol. The van der Waals surface area contributed by atoms with Crippen LogP contribution in [0.4, 0.5) is 0 Å². The Bertz CT molecular complexity index is 690. The summed E-state index contributed by atoms with van der Waals surface area (Å²) in [4.78, 5) is 18.4. The number of amides is 1. The number of rotatable bonds is 5. The van der Waals surface area contributed by atoms with E-state index in [-0.39, 0.29) is 30.7 Å². The first-order chi connectivity index (χ1) is 11.1. The number of nitrogens with one attached hydrogen (secondary N) is 1. The molecule has 0 bridgehead atoms. The van der Waals surface area contributed by atoms with Crippen molar-refractivity contribution in [2.45, 2.75) is 25.3 Å². The molecule has 2 aromatic rings. The Morgan fingerprint density at radius 2 is 2.16 bits per heavy atom. The number of aromatic nitrogens is 1. The number of nitrogens with zero attached hydrogens (tertiary/aromatic N) is 2. The molecule has 25 heavy (non-hydrogen) atoms. The quantitative estimate of drug-likeness (QED) is 0.754. The summed E-state index contributed by atoms with van der Waals surface area (Å²) in [5.41, 5.74) is 0.965. The molecule has 0 saturated carbocycles. The summed E-state index contributed by atoms with van der Waals surface area (Å²) in [6, 6.07) is 8.16. The average Bonchev–Trinajstić information content (AvgIpc) is 3.24. The van der Waals surface area contributed by atoms with E-state index in [1.165, 1.54) is 0 Å². The Morgan fingerprint density at radius 1 is 1.40 bits per heavy atom. The lowest BCUT2D eigenvalue weighted by Gasteiger charge is -2.23. The molecule has 3 rings (SSSR count). The van der Waals surface area contributed by atoms with Gasteiger partial charge in [-0.05, 0) is 19.0 Å². The highest BCUT2D eigenvalue weighted by Crippen LogP contribution is 2.28. The number of oxazole rings is 1. The Labute approximate surface area is 168 Å². The highest BCUT2D eigenvalue weighted by molar-refractivity contribution is 9.10. The summed E-state index contributed by atoms with van der Waals surface area (Å²) < 4.78 is 6.75. The van der Waals surface area contributed by atoms with Crippen molar-refractivity contribution in [1.29, 1.82) is 0 Å². The third-order valence-electron chi connectivity index (χ3n) is 4.22. The molecule has 1 aliphatic heterocycles. The third-order valence-corrected chi connectivity index (χ3v) is 4.91. The molecule has 0 spiro atoms. The minimum absolute atomic E-state index is 0. The van der Waals surface area contributed by atoms with Crippen molar-refractivity contribution >= 4 is 46.7 Å². The molecular formula is C17H22BrCl2N3O2. The van der Waals surface area contributed by atoms with Crippen LogP contribution in [0.3, 0.4) is 0 Å². The van der Waals surface area contributed by atoms with Crippen molar-refractivity contribution in [3.63, 3.8) is 0 Å². The van der Waals surface area contributed by atoms with Gasteiger partial charge < -0.3 is 14.6 Å². The molecule has 0 aliphatic carbocycles. The smallest absolute Gasteiger partial charge is 0.223 e. The number of carbonyl (C=O) groups excluding carboxylic acids is 1. The van der Waals surface area contributed by atoms with Gasteiger partial charge in [0.15, 0.2) is 11.7 Å². The number of carbonyl (C=O) groups is 1. The Balaban J connectivity index is 0.00000156. The van der Waals surface area contributed by atoms with E-state index >= 15 is 0 Å². The second-order valence-electron chi connectivity index (χ2n) is 5.75. The maximum Gasteiger partial charge on any atom is 0.223 e. The van der Waals surface area contributed by atoms with Gasteiger partial charge in [-0.2, -0.15) is 0 Å². The second-order valence-corrected chi connectivity index (χ2v) is 6.60. The van der Waals surface area contributed by atoms with Gasteiger partial charge in [-0.1, -0.05) is 34.1 Å². The molecule has 1 amide bonds. The van der Waals surface area contributed by atoms with Gasteiger partial charge in [-0.25, -0.2) is 4.98 Å². The summed E-state index contributed by atoms with van der Waals surface area (Å²) in [5, 5.41) is 3.28. The van der Waals surface area contributed by atoms with Crippen LogP contribution >= 0.6 is 40.7 Å². The Hall–Kier alpha value is -1.08. The lowest BCUT2D eigenvalue weighted by molar-refractivity contribution is -0.131. The van der Waals surface area contributed by atoms with Gasteiger partial charge >= 0.3 is 0 Å². The van der Waals surface area contributed by atoms with Crippen LogP contribution in [0.1, 0.15) is 18.7 Å². The predicted molar refractivity (Wildman–Crippen MR) is 107 cm³/mol. The largest absolute Gasteiger partial charge is 0.441 e. The minimum Gasteiger partial charge on any atom is -0.441 e. The summed E-state index contributed by atoms with van der Waals surface area (Å²) in [6.07, 6.45) is 3.68. The number of aryl methyl sites for hydroxylation is 1. The van der Waals surface area contributed by atoms with Gasteiger partial charge in [0, 0.05) is 42.5 Å². The first-order valence-electron chi connectivity index (χ1n) is 7.81. The van der Waals surface area contributed by atoms with E-state index in [1.54, 1.807) is 6.20 Å². The number of benzene rings is 1. The SMILES string of the molecule is CN(C(=O)CCc1ncc(-c2ccccc2Br)o1)C1CCNC1.Cl.Cl. The average molecular weight is 451 g/mol. The second kappa shape index (κ2) is 10.2. The molecule has 1 unspecified atom stereocenters. The molecule has 1 N–H and O–H groups in total. The number of hydrogen-bond donors (Lipinski definition) is 1. The summed E-state index contributed by atoms with van der Waals surface area (Å²) in [6.45, 7) is 1.87. The molecule has 2 heterocycles. The maximum absolute atomic E-state index is 12.3. The zero-order valence-corrected chi connectivity index (χ0v) is 17.1. The number of likely N-dealkylation sites (N-methyl/N-ethyl adjacent to an activating group) is 1. The molecule has 138 valence electrons. The summed E-state index contributed by atoms with van der Waals surface area (Å²) >= 11 is 3.51. The van der Waals surface area contributed by atoms with Gasteiger partial charge in [0.1, 0.15) is 0 Å². The van der Waals surface area contributed by atoms with E-state index in [0.717, 1.165) is 29.5 Å². The maximum atomic E-state index is 12.3. The molecule has 1 aromatic heterocycles. The first kappa shape index (κ1) is 22.0. The van der Waals surface area contributed by atoms with E-state index in [9.17, 15) is 4.79 Å². The van der Waals surface area contributed by atoms with E-state index in [4.69, 9.17) is 4.42 Å². The van der Waals surface area contributed by atoms with E-state index < -0.39 is 0 Å². The predicted octanol–water partition coefficient (Wildman–Crippen LogP) is 3.70. The van der Waals surface area contributed by atoms with Gasteiger partial charge in [0.05, 0.1) is 6.20 Å². The minimum atomic E-state index is 0. The number of hydrogen-bond acceptors (Lipinski definition) is 4. The monoisotopic (exact) mass is 449 g/mol. The lowest BCUT2D eigenvalue weighted by Crippen LogP contribution is -2.38. The van der Waals surface area contributed by atoms with Crippen LogP contribution in [-0.2, 0) is 11.2 Å². The van der Waals surface area contributed by atoms with Crippen molar-refractivity contribution in [3.8, 4) is 11.3 Å². The van der Waals surface area contributed by atoms with Gasteiger partial charge in [-0.3, -0.25) is 4.79 Å². The Kier molecular flexibility index (Phi) is 8.93. The highest BCUT2D eigenvalue weighted by atomic mass is 79.9. The molecule has 1 aliphatic rings. The van der Waals surface area contributed by atoms with E-state index in [0.29, 0.717) is 30.5 Å². The van der Waals surface area contributed by atoms with E-state index in [2.05, 4.69) is 26.2 Å². The Morgan fingerprint density at radius 3 is 2.84 bits per heavy atom. The molecule has 0 radical (unpaired) electrons. The van der Waals surface area contributed by atoms with Crippen molar-refractivity contribution < 1.29 is 9.21 Å². The highest BCUT2D eigenvalue weighted by Gasteiger charge is 2.23. The van der Waals surface area contributed by atoms with Crippen LogP contribution in [0, 0.1) is 0 Å². The van der Waals surface area contributed by atoms with Crippen LogP contribution in [0.2, 0.25) is 0 Å². The molecule has 1 saturated heterocycles. The lowest BCUT2D eigenvalue weighted by atomic mass is 10.2. The van der Waals surface area contributed by atoms with Gasteiger partial charge in [-0.15, -0.1) is 24.8 Å². The van der Waals surface area contributed by atoms with Crippen molar-refractivity contribution in [1.82, 2.24) is 15.2 Å². The van der Waals surface area contributed by atoms with Crippen molar-refractivity contribution in [2.75, 3.05) is 20.1 Å². The summed E-state index contributed by atoms with van der Waals surface area (Å²) in [5.74, 6) is 1.45. The zero-order chi connectivity index (χ0) is 16.2. The normalized spacial score (nSPS) is 16.0. The number of halogens is 3. The van der Waals surface area contributed by atoms with Crippen LogP contribution < -0.4 is 5.32 Å². The first-order valence-corrected chi connectivity index (χ1v) is 8.60.